The molecule has 1 atom stereocenters. The van der Waals surface area contributed by atoms with Crippen LogP contribution in [0.2, 0.25) is 0 Å². The van der Waals surface area contributed by atoms with Gasteiger partial charge in [-0.2, -0.15) is 0 Å². The molecular formula is C24H30N4O4. The lowest BCUT2D eigenvalue weighted by atomic mass is 9.88. The van der Waals surface area contributed by atoms with Gasteiger partial charge in [0.2, 0.25) is 5.91 Å². The van der Waals surface area contributed by atoms with Crippen LogP contribution in [0.3, 0.4) is 0 Å². The monoisotopic (exact) mass is 438 g/mol. The standard InChI is InChI=1S/C24H30N4O4/c1-31-19-6-4-5-18(15-19)16-21(29)26-12-7-24(8-13-26)23-25-9-14-28(23)17-20(32-24)22(30)27-10-2-3-11-27/h4-6,9,14-15,20H,2-3,7-8,10-13,16-17H2,1H3/t20-/m0/s1. The second-order valence-electron chi connectivity index (χ2n) is 8.95. The first-order valence-electron chi connectivity index (χ1n) is 11.5. The molecule has 170 valence electrons. The number of aromatic nitrogens is 2. The van der Waals surface area contributed by atoms with Crippen LogP contribution in [-0.4, -0.2) is 70.6 Å². The summed E-state index contributed by atoms with van der Waals surface area (Å²) in [4.78, 5) is 34.4. The largest absolute Gasteiger partial charge is 0.497 e. The Morgan fingerprint density at radius 2 is 1.94 bits per heavy atom. The van der Waals surface area contributed by atoms with E-state index in [0.29, 0.717) is 38.9 Å². The van der Waals surface area contributed by atoms with Crippen molar-refractivity contribution in [1.82, 2.24) is 19.4 Å². The highest BCUT2D eigenvalue weighted by molar-refractivity contribution is 5.81. The maximum Gasteiger partial charge on any atom is 0.253 e. The predicted molar refractivity (Wildman–Crippen MR) is 117 cm³/mol. The molecule has 0 N–H and O–H groups in total. The summed E-state index contributed by atoms with van der Waals surface area (Å²) >= 11 is 0. The van der Waals surface area contributed by atoms with E-state index >= 15 is 0 Å². The highest BCUT2D eigenvalue weighted by atomic mass is 16.5. The number of hydrogen-bond donors (Lipinski definition) is 0. The van der Waals surface area contributed by atoms with E-state index in [4.69, 9.17) is 9.47 Å². The third kappa shape index (κ3) is 3.88. The zero-order chi connectivity index (χ0) is 22.1. The van der Waals surface area contributed by atoms with Crippen LogP contribution < -0.4 is 4.74 Å². The van der Waals surface area contributed by atoms with E-state index < -0.39 is 11.7 Å². The van der Waals surface area contributed by atoms with E-state index in [9.17, 15) is 9.59 Å². The quantitative estimate of drug-likeness (QED) is 0.730. The summed E-state index contributed by atoms with van der Waals surface area (Å²) in [6.07, 6.45) is 6.96. The van der Waals surface area contributed by atoms with Crippen LogP contribution in [0, 0.1) is 0 Å². The number of piperidine rings is 1. The molecule has 4 heterocycles. The minimum Gasteiger partial charge on any atom is -0.497 e. The van der Waals surface area contributed by atoms with Gasteiger partial charge in [0.25, 0.3) is 5.91 Å². The maximum atomic E-state index is 13.1. The second kappa shape index (κ2) is 8.58. The molecule has 0 bridgehead atoms. The third-order valence-corrected chi connectivity index (χ3v) is 6.96. The van der Waals surface area contributed by atoms with Gasteiger partial charge in [0.1, 0.15) is 17.2 Å². The normalized spacial score (nSPS) is 22.1. The Hall–Kier alpha value is -2.87. The number of imidazole rings is 1. The van der Waals surface area contributed by atoms with Crippen molar-refractivity contribution in [2.45, 2.75) is 50.4 Å². The van der Waals surface area contributed by atoms with Gasteiger partial charge in [-0.05, 0) is 30.5 Å². The van der Waals surface area contributed by atoms with Gasteiger partial charge in [-0.15, -0.1) is 0 Å². The van der Waals surface area contributed by atoms with Gasteiger partial charge in [0, 0.05) is 51.4 Å². The number of hydrogen-bond acceptors (Lipinski definition) is 5. The van der Waals surface area contributed by atoms with Crippen molar-refractivity contribution in [2.75, 3.05) is 33.3 Å². The molecule has 0 aliphatic carbocycles. The van der Waals surface area contributed by atoms with Crippen molar-refractivity contribution in [3.05, 3.63) is 48.0 Å². The third-order valence-electron chi connectivity index (χ3n) is 6.96. The van der Waals surface area contributed by atoms with Crippen molar-refractivity contribution in [1.29, 1.82) is 0 Å². The Balaban J connectivity index is 1.28. The van der Waals surface area contributed by atoms with Crippen LogP contribution in [0.5, 0.6) is 5.75 Å². The summed E-state index contributed by atoms with van der Waals surface area (Å²) in [5, 5.41) is 0. The zero-order valence-electron chi connectivity index (χ0n) is 18.5. The summed E-state index contributed by atoms with van der Waals surface area (Å²) in [6, 6.07) is 7.63. The Morgan fingerprint density at radius 1 is 1.16 bits per heavy atom. The Morgan fingerprint density at radius 3 is 2.69 bits per heavy atom. The van der Waals surface area contributed by atoms with E-state index in [2.05, 4.69) is 9.55 Å². The molecule has 2 saturated heterocycles. The summed E-state index contributed by atoms with van der Waals surface area (Å²) < 4.78 is 13.9. The molecule has 3 aliphatic rings. The smallest absolute Gasteiger partial charge is 0.253 e. The number of methoxy groups -OCH3 is 1. The van der Waals surface area contributed by atoms with Gasteiger partial charge in [0.05, 0.1) is 20.1 Å². The van der Waals surface area contributed by atoms with Gasteiger partial charge < -0.3 is 23.8 Å². The SMILES string of the molecule is COc1cccc(CC(=O)N2CCC3(CC2)O[C@H](C(=O)N2CCCC2)Cn2ccnc23)c1. The maximum absolute atomic E-state index is 13.1. The number of fused-ring (bicyclic) bond motifs is 2. The Bertz CT molecular complexity index is 989. The van der Waals surface area contributed by atoms with Crippen molar-refractivity contribution in [3.63, 3.8) is 0 Å². The highest BCUT2D eigenvalue weighted by Gasteiger charge is 2.48. The van der Waals surface area contributed by atoms with Crippen LogP contribution in [-0.2, 0) is 32.9 Å². The van der Waals surface area contributed by atoms with Crippen molar-refractivity contribution >= 4 is 11.8 Å². The van der Waals surface area contributed by atoms with Gasteiger partial charge >= 0.3 is 0 Å². The van der Waals surface area contributed by atoms with Gasteiger partial charge in [-0.3, -0.25) is 9.59 Å². The topological polar surface area (TPSA) is 76.9 Å². The highest BCUT2D eigenvalue weighted by Crippen LogP contribution is 2.40. The lowest BCUT2D eigenvalue weighted by Crippen LogP contribution is -2.55. The number of carbonyl (C=O) groups excluding carboxylic acids is 2. The summed E-state index contributed by atoms with van der Waals surface area (Å²) in [5.41, 5.74) is 0.324. The van der Waals surface area contributed by atoms with Crippen LogP contribution in [0.4, 0.5) is 0 Å². The minimum absolute atomic E-state index is 0.0813. The summed E-state index contributed by atoms with van der Waals surface area (Å²) in [5.74, 6) is 1.81. The molecule has 8 heteroatoms. The molecule has 5 rings (SSSR count). The lowest BCUT2D eigenvalue weighted by molar-refractivity contribution is -0.182. The molecule has 0 radical (unpaired) electrons. The first-order chi connectivity index (χ1) is 15.6. The molecule has 1 spiro atoms. The number of ether oxygens (including phenoxy) is 2. The number of nitrogens with zero attached hydrogens (tertiary/aromatic N) is 4. The van der Waals surface area contributed by atoms with Crippen molar-refractivity contribution < 1.29 is 19.1 Å². The number of amides is 2. The van der Waals surface area contributed by atoms with Crippen LogP contribution in [0.15, 0.2) is 36.7 Å². The molecule has 1 aromatic heterocycles. The first-order valence-corrected chi connectivity index (χ1v) is 11.5. The fourth-order valence-electron chi connectivity index (χ4n) is 5.19. The second-order valence-corrected chi connectivity index (χ2v) is 8.95. The van der Waals surface area contributed by atoms with E-state index in [1.54, 1.807) is 13.3 Å². The number of benzene rings is 1. The Labute approximate surface area is 188 Å². The molecule has 2 fully saturated rings. The molecule has 1 aromatic carbocycles. The zero-order valence-corrected chi connectivity index (χ0v) is 18.5. The van der Waals surface area contributed by atoms with E-state index in [1.165, 1.54) is 0 Å². The number of likely N-dealkylation sites (tertiary alicyclic amines) is 2. The van der Waals surface area contributed by atoms with Crippen LogP contribution in [0.1, 0.15) is 37.1 Å². The average Bonchev–Trinajstić information content (AvgIpc) is 3.52. The summed E-state index contributed by atoms with van der Waals surface area (Å²) in [7, 11) is 1.63. The van der Waals surface area contributed by atoms with Gasteiger partial charge in [-0.25, -0.2) is 4.98 Å². The number of carbonyl (C=O) groups is 2. The molecule has 0 saturated carbocycles. The van der Waals surface area contributed by atoms with Crippen molar-refractivity contribution in [2.24, 2.45) is 0 Å². The fraction of sp³-hybridized carbons (Fsp3) is 0.542. The molecular weight excluding hydrogens is 408 g/mol. The predicted octanol–water partition coefficient (Wildman–Crippen LogP) is 1.97. The van der Waals surface area contributed by atoms with E-state index in [1.807, 2.05) is 40.3 Å². The van der Waals surface area contributed by atoms with Crippen LogP contribution >= 0.6 is 0 Å². The average molecular weight is 439 g/mol. The lowest BCUT2D eigenvalue weighted by Gasteiger charge is -2.46. The summed E-state index contributed by atoms with van der Waals surface area (Å²) in [6.45, 7) is 3.30. The molecule has 2 aromatic rings. The van der Waals surface area contributed by atoms with E-state index in [0.717, 1.165) is 43.1 Å². The van der Waals surface area contributed by atoms with E-state index in [-0.39, 0.29) is 11.8 Å². The van der Waals surface area contributed by atoms with Gasteiger partial charge in [-0.1, -0.05) is 12.1 Å². The molecule has 0 unspecified atom stereocenters. The minimum atomic E-state index is -0.617. The first kappa shape index (κ1) is 21.0. The Kier molecular flexibility index (Phi) is 5.63. The molecule has 3 aliphatic heterocycles. The molecule has 32 heavy (non-hydrogen) atoms. The molecule has 2 amide bonds. The number of rotatable bonds is 4. The fourth-order valence-corrected chi connectivity index (χ4v) is 5.19. The van der Waals surface area contributed by atoms with Crippen LogP contribution in [0.25, 0.3) is 0 Å². The molecule has 8 nitrogen and oxygen atoms in total. The van der Waals surface area contributed by atoms with Gasteiger partial charge in [0.15, 0.2) is 6.10 Å². The van der Waals surface area contributed by atoms with Crippen molar-refractivity contribution in [3.8, 4) is 5.75 Å².